The van der Waals surface area contributed by atoms with Gasteiger partial charge < -0.3 is 10.1 Å². The Bertz CT molecular complexity index is 762. The van der Waals surface area contributed by atoms with Gasteiger partial charge in [0.25, 0.3) is 5.91 Å². The van der Waals surface area contributed by atoms with E-state index in [1.807, 2.05) is 36.6 Å². The monoisotopic (exact) mass is 377 g/mol. The van der Waals surface area contributed by atoms with Gasteiger partial charge in [-0.1, -0.05) is 30.7 Å². The van der Waals surface area contributed by atoms with Crippen LogP contribution in [0.25, 0.3) is 0 Å². The van der Waals surface area contributed by atoms with Crippen molar-refractivity contribution in [2.75, 3.05) is 11.6 Å². The van der Waals surface area contributed by atoms with E-state index in [4.69, 9.17) is 16.3 Å². The Kier molecular flexibility index (Phi) is 6.91. The number of nitrogens with one attached hydrogen (secondary N) is 1. The number of thioether (sulfide) groups is 1. The van der Waals surface area contributed by atoms with E-state index < -0.39 is 18.0 Å². The zero-order chi connectivity index (χ0) is 18.4. The fourth-order valence-corrected chi connectivity index (χ4v) is 2.77. The van der Waals surface area contributed by atoms with Gasteiger partial charge in [0, 0.05) is 10.6 Å². The molecule has 132 valence electrons. The molecular formula is C19H20ClNO3S. The van der Waals surface area contributed by atoms with Crippen LogP contribution in [0.15, 0.2) is 47.4 Å². The van der Waals surface area contributed by atoms with Crippen LogP contribution in [-0.4, -0.2) is 24.2 Å². The molecule has 1 atom stereocenters. The van der Waals surface area contributed by atoms with Crippen LogP contribution in [0.4, 0.5) is 5.69 Å². The number of hydrogen-bond acceptors (Lipinski definition) is 4. The summed E-state index contributed by atoms with van der Waals surface area (Å²) in [6.07, 6.45) is 1.89. The van der Waals surface area contributed by atoms with Crippen LogP contribution in [0.1, 0.15) is 29.8 Å². The molecule has 4 nitrogen and oxygen atoms in total. The molecule has 1 amide bonds. The van der Waals surface area contributed by atoms with Crippen molar-refractivity contribution in [2.24, 2.45) is 0 Å². The van der Waals surface area contributed by atoms with Crippen LogP contribution < -0.4 is 5.32 Å². The molecule has 0 saturated heterocycles. The molecule has 0 aromatic heterocycles. The molecule has 0 aliphatic heterocycles. The van der Waals surface area contributed by atoms with Gasteiger partial charge in [-0.3, -0.25) is 4.79 Å². The number of amides is 1. The van der Waals surface area contributed by atoms with Crippen LogP contribution in [0.3, 0.4) is 0 Å². The van der Waals surface area contributed by atoms with Gasteiger partial charge in [0.1, 0.15) is 0 Å². The predicted octanol–water partition coefficient (Wildman–Crippen LogP) is 4.81. The molecule has 6 heteroatoms. The lowest BCUT2D eigenvalue weighted by molar-refractivity contribution is -0.123. The lowest BCUT2D eigenvalue weighted by Gasteiger charge is -2.14. The smallest absolute Gasteiger partial charge is 0.340 e. The maximum Gasteiger partial charge on any atom is 0.340 e. The molecule has 0 radical (unpaired) electrons. The van der Waals surface area contributed by atoms with Crippen molar-refractivity contribution >= 4 is 40.9 Å². The Morgan fingerprint density at radius 1 is 1.20 bits per heavy atom. The van der Waals surface area contributed by atoms with Crippen molar-refractivity contribution < 1.29 is 14.3 Å². The Morgan fingerprint density at radius 3 is 2.48 bits per heavy atom. The summed E-state index contributed by atoms with van der Waals surface area (Å²) in [6.45, 7) is 3.59. The molecule has 0 unspecified atom stereocenters. The third-order valence-electron chi connectivity index (χ3n) is 3.68. The second-order valence-corrected chi connectivity index (χ2v) is 6.72. The number of anilines is 1. The number of halogens is 1. The summed E-state index contributed by atoms with van der Waals surface area (Å²) in [4.78, 5) is 25.4. The minimum Gasteiger partial charge on any atom is -0.449 e. The molecule has 0 heterocycles. The van der Waals surface area contributed by atoms with Gasteiger partial charge in [0.15, 0.2) is 6.10 Å². The molecular weight excluding hydrogens is 358 g/mol. The first-order valence-electron chi connectivity index (χ1n) is 7.89. The zero-order valence-corrected chi connectivity index (χ0v) is 15.9. The third kappa shape index (κ3) is 5.25. The second-order valence-electron chi connectivity index (χ2n) is 5.43. The minimum absolute atomic E-state index is 0.250. The van der Waals surface area contributed by atoms with Crippen molar-refractivity contribution in [3.63, 3.8) is 0 Å². The molecule has 2 rings (SSSR count). The van der Waals surface area contributed by atoms with E-state index in [2.05, 4.69) is 12.2 Å². The summed E-state index contributed by atoms with van der Waals surface area (Å²) < 4.78 is 5.25. The number of rotatable bonds is 6. The number of carbonyl (C=O) groups is 2. The van der Waals surface area contributed by atoms with E-state index in [1.165, 1.54) is 24.2 Å². The van der Waals surface area contributed by atoms with Crippen LogP contribution in [0.5, 0.6) is 0 Å². The van der Waals surface area contributed by atoms with Gasteiger partial charge in [0.2, 0.25) is 0 Å². The fourth-order valence-electron chi connectivity index (χ4n) is 2.13. The lowest BCUT2D eigenvalue weighted by atomic mass is 10.1. The molecule has 0 bridgehead atoms. The van der Waals surface area contributed by atoms with Crippen LogP contribution in [-0.2, 0) is 16.0 Å². The summed E-state index contributed by atoms with van der Waals surface area (Å²) in [5.74, 6) is -1.01. The Balaban J connectivity index is 2.01. The molecule has 0 fully saturated rings. The lowest BCUT2D eigenvalue weighted by Crippen LogP contribution is -2.30. The van der Waals surface area contributed by atoms with Gasteiger partial charge in [0.05, 0.1) is 10.6 Å². The number of ether oxygens (including phenoxy) is 1. The maximum absolute atomic E-state index is 12.3. The summed E-state index contributed by atoms with van der Waals surface area (Å²) in [6, 6.07) is 12.7. The van der Waals surface area contributed by atoms with E-state index in [1.54, 1.807) is 12.1 Å². The van der Waals surface area contributed by atoms with Gasteiger partial charge >= 0.3 is 5.97 Å². The average Bonchev–Trinajstić information content (AvgIpc) is 2.62. The Labute approximate surface area is 156 Å². The molecule has 2 aromatic carbocycles. The van der Waals surface area contributed by atoms with E-state index in [9.17, 15) is 9.59 Å². The highest BCUT2D eigenvalue weighted by Gasteiger charge is 2.21. The Hall–Kier alpha value is -1.98. The van der Waals surface area contributed by atoms with Gasteiger partial charge in [-0.2, -0.15) is 0 Å². The fraction of sp³-hybridized carbons (Fsp3) is 0.263. The standard InChI is InChI=1S/C19H20ClNO3S/c1-4-13-5-7-14(8-6-13)21-18(22)12(2)24-19(23)16-11-15(25-3)9-10-17(16)20/h5-12H,4H2,1-3H3,(H,21,22)/t12-/m0/s1. The van der Waals surface area contributed by atoms with E-state index >= 15 is 0 Å². The first kappa shape index (κ1) is 19.3. The van der Waals surface area contributed by atoms with Crippen molar-refractivity contribution in [3.05, 3.63) is 58.6 Å². The molecule has 25 heavy (non-hydrogen) atoms. The topological polar surface area (TPSA) is 55.4 Å². The highest BCUT2D eigenvalue weighted by Crippen LogP contribution is 2.24. The van der Waals surface area contributed by atoms with Crippen molar-refractivity contribution in [1.29, 1.82) is 0 Å². The van der Waals surface area contributed by atoms with Crippen LogP contribution in [0.2, 0.25) is 5.02 Å². The number of carbonyl (C=O) groups excluding carboxylic acids is 2. The summed E-state index contributed by atoms with van der Waals surface area (Å²) in [5, 5.41) is 3.03. The summed E-state index contributed by atoms with van der Waals surface area (Å²) in [7, 11) is 0. The molecule has 2 aromatic rings. The first-order chi connectivity index (χ1) is 11.9. The zero-order valence-electron chi connectivity index (χ0n) is 14.3. The van der Waals surface area contributed by atoms with Crippen molar-refractivity contribution in [3.8, 4) is 0 Å². The summed E-state index contributed by atoms with van der Waals surface area (Å²) >= 11 is 7.55. The highest BCUT2D eigenvalue weighted by atomic mass is 35.5. The van der Waals surface area contributed by atoms with Gasteiger partial charge in [-0.15, -0.1) is 11.8 Å². The predicted molar refractivity (Wildman–Crippen MR) is 103 cm³/mol. The quantitative estimate of drug-likeness (QED) is 0.579. The average molecular weight is 378 g/mol. The number of esters is 1. The van der Waals surface area contributed by atoms with Crippen LogP contribution in [0, 0.1) is 0 Å². The second kappa shape index (κ2) is 8.92. The van der Waals surface area contributed by atoms with E-state index in [0.29, 0.717) is 10.7 Å². The molecule has 0 aliphatic rings. The van der Waals surface area contributed by atoms with Gasteiger partial charge in [-0.05, 0) is 55.5 Å². The third-order valence-corrected chi connectivity index (χ3v) is 4.73. The van der Waals surface area contributed by atoms with Gasteiger partial charge in [-0.25, -0.2) is 4.79 Å². The van der Waals surface area contributed by atoms with E-state index in [-0.39, 0.29) is 5.56 Å². The number of aryl methyl sites for hydroxylation is 1. The largest absolute Gasteiger partial charge is 0.449 e. The minimum atomic E-state index is -0.938. The number of benzene rings is 2. The SMILES string of the molecule is CCc1ccc(NC(=O)[C@H](C)OC(=O)c2cc(SC)ccc2Cl)cc1. The van der Waals surface area contributed by atoms with Crippen molar-refractivity contribution in [2.45, 2.75) is 31.3 Å². The highest BCUT2D eigenvalue weighted by molar-refractivity contribution is 7.98. The molecule has 0 spiro atoms. The molecule has 0 aliphatic carbocycles. The first-order valence-corrected chi connectivity index (χ1v) is 9.49. The van der Waals surface area contributed by atoms with Crippen molar-refractivity contribution in [1.82, 2.24) is 0 Å². The van der Waals surface area contributed by atoms with Crippen LogP contribution >= 0.6 is 23.4 Å². The number of hydrogen-bond donors (Lipinski definition) is 1. The summed E-state index contributed by atoms with van der Waals surface area (Å²) in [5.41, 5.74) is 2.09. The van der Waals surface area contributed by atoms with E-state index in [0.717, 1.165) is 11.3 Å². The normalized spacial score (nSPS) is 11.7. The Morgan fingerprint density at radius 2 is 1.88 bits per heavy atom. The molecule has 1 N–H and O–H groups in total. The molecule has 0 saturated carbocycles. The maximum atomic E-state index is 12.3.